The molecule has 0 spiro atoms. The lowest BCUT2D eigenvalue weighted by Crippen LogP contribution is -2.04. The van der Waals surface area contributed by atoms with Crippen LogP contribution >= 0.6 is 11.6 Å². The number of nitrogens with two attached hydrogens (primary N) is 1. The summed E-state index contributed by atoms with van der Waals surface area (Å²) in [7, 11) is 0. The van der Waals surface area contributed by atoms with Crippen molar-refractivity contribution in [2.45, 2.75) is 13.0 Å². The van der Waals surface area contributed by atoms with E-state index in [1.807, 2.05) is 12.1 Å². The number of aromatic nitrogens is 1. The number of rotatable bonds is 5. The lowest BCUT2D eigenvalue weighted by atomic mass is 9.99. The molecular weight excluding hydrogens is 346 g/mol. The van der Waals surface area contributed by atoms with Gasteiger partial charge in [0, 0.05) is 16.8 Å². The van der Waals surface area contributed by atoms with Crippen molar-refractivity contribution in [3.05, 3.63) is 76.9 Å². The Morgan fingerprint density at radius 3 is 2.52 bits per heavy atom. The summed E-state index contributed by atoms with van der Waals surface area (Å²) in [5.74, 6) is 0.556. The first-order valence-corrected chi connectivity index (χ1v) is 7.93. The van der Waals surface area contributed by atoms with Crippen LogP contribution in [0.1, 0.15) is 11.1 Å². The number of benzene rings is 2. The Morgan fingerprint density at radius 1 is 1.04 bits per heavy atom. The molecule has 3 nitrogen and oxygen atoms in total. The summed E-state index contributed by atoms with van der Waals surface area (Å²) in [5, 5.41) is 0.522. The summed E-state index contributed by atoms with van der Waals surface area (Å²) in [6, 6.07) is 15.7. The first-order chi connectivity index (χ1) is 12.0. The van der Waals surface area contributed by atoms with Crippen LogP contribution in [0, 0.1) is 0 Å². The van der Waals surface area contributed by atoms with E-state index in [-0.39, 0.29) is 5.75 Å². The number of hydrogen-bond donors (Lipinski definition) is 1. The van der Waals surface area contributed by atoms with Crippen molar-refractivity contribution in [1.82, 2.24) is 4.98 Å². The van der Waals surface area contributed by atoms with Crippen LogP contribution in [0.2, 0.25) is 5.02 Å². The highest BCUT2D eigenvalue weighted by molar-refractivity contribution is 6.30. The van der Waals surface area contributed by atoms with Gasteiger partial charge in [-0.15, -0.1) is 0 Å². The van der Waals surface area contributed by atoms with Crippen LogP contribution in [0.3, 0.4) is 0 Å². The molecule has 25 heavy (non-hydrogen) atoms. The minimum Gasteiger partial charge on any atom is -0.434 e. The molecule has 0 aliphatic carbocycles. The van der Waals surface area contributed by atoms with E-state index in [9.17, 15) is 8.78 Å². The molecule has 6 heteroatoms. The van der Waals surface area contributed by atoms with Crippen LogP contribution in [0.15, 0.2) is 60.8 Å². The fourth-order valence-electron chi connectivity index (χ4n) is 2.54. The average molecular weight is 361 g/mol. The van der Waals surface area contributed by atoms with E-state index in [1.54, 1.807) is 48.7 Å². The molecule has 1 heterocycles. The van der Waals surface area contributed by atoms with Crippen molar-refractivity contribution in [1.29, 1.82) is 0 Å². The van der Waals surface area contributed by atoms with E-state index >= 15 is 0 Å². The third-order valence-corrected chi connectivity index (χ3v) is 3.89. The third-order valence-electron chi connectivity index (χ3n) is 3.65. The summed E-state index contributed by atoms with van der Waals surface area (Å²) < 4.78 is 30.1. The maximum Gasteiger partial charge on any atom is 0.387 e. The number of ether oxygens (including phenoxy) is 1. The summed E-state index contributed by atoms with van der Waals surface area (Å²) in [4.78, 5) is 4.06. The molecule has 3 rings (SSSR count). The van der Waals surface area contributed by atoms with E-state index in [2.05, 4.69) is 9.72 Å². The van der Waals surface area contributed by atoms with Crippen LogP contribution in [0.25, 0.3) is 11.1 Å². The zero-order chi connectivity index (χ0) is 17.8. The maximum atomic E-state index is 12.7. The second-order valence-electron chi connectivity index (χ2n) is 5.49. The van der Waals surface area contributed by atoms with Gasteiger partial charge in [0.05, 0.1) is 0 Å². The van der Waals surface area contributed by atoms with Crippen molar-refractivity contribution >= 4 is 17.4 Å². The number of anilines is 1. The van der Waals surface area contributed by atoms with Gasteiger partial charge in [-0.2, -0.15) is 8.78 Å². The van der Waals surface area contributed by atoms with Gasteiger partial charge in [0.2, 0.25) is 0 Å². The fourth-order valence-corrected chi connectivity index (χ4v) is 2.73. The van der Waals surface area contributed by atoms with E-state index < -0.39 is 6.61 Å². The molecule has 0 unspecified atom stereocenters. The second kappa shape index (κ2) is 7.49. The summed E-state index contributed by atoms with van der Waals surface area (Å²) in [6.07, 6.45) is 2.29. The second-order valence-corrected chi connectivity index (χ2v) is 5.92. The molecule has 3 aromatic rings. The number of hydrogen-bond acceptors (Lipinski definition) is 3. The summed E-state index contributed by atoms with van der Waals surface area (Å²) >= 11 is 6.03. The molecule has 0 saturated heterocycles. The predicted molar refractivity (Wildman–Crippen MR) is 95.0 cm³/mol. The standard InChI is InChI=1S/C19H15ClF2N2O/c20-15-3-1-2-14(10-15)16-9-12(4-6-17(16)25-19(21)22)8-13-5-7-18(23)24-11-13/h1-7,9-11,19H,8H2,(H2,23,24). The monoisotopic (exact) mass is 360 g/mol. The van der Waals surface area contributed by atoms with Crippen LogP contribution in [-0.2, 0) is 6.42 Å². The molecule has 0 aliphatic rings. The third kappa shape index (κ3) is 4.45. The van der Waals surface area contributed by atoms with Crippen LogP contribution in [0.5, 0.6) is 5.75 Å². The molecule has 1 aromatic heterocycles. The van der Waals surface area contributed by atoms with Gasteiger partial charge in [0.1, 0.15) is 11.6 Å². The first-order valence-electron chi connectivity index (χ1n) is 7.55. The molecule has 0 bridgehead atoms. The largest absolute Gasteiger partial charge is 0.434 e. The highest BCUT2D eigenvalue weighted by Crippen LogP contribution is 2.34. The molecule has 0 radical (unpaired) electrons. The van der Waals surface area contributed by atoms with Gasteiger partial charge in [-0.1, -0.05) is 35.9 Å². The Hall–Kier alpha value is -2.66. The van der Waals surface area contributed by atoms with Crippen LogP contribution in [-0.4, -0.2) is 11.6 Å². The Labute approximate surface area is 149 Å². The topological polar surface area (TPSA) is 48.1 Å². The van der Waals surface area contributed by atoms with Crippen molar-refractivity contribution in [2.75, 3.05) is 5.73 Å². The highest BCUT2D eigenvalue weighted by atomic mass is 35.5. The number of nitrogen functional groups attached to an aromatic ring is 1. The van der Waals surface area contributed by atoms with Crippen molar-refractivity contribution in [2.24, 2.45) is 0 Å². The minimum absolute atomic E-state index is 0.108. The summed E-state index contributed by atoms with van der Waals surface area (Å²) in [5.41, 5.74) is 8.76. The van der Waals surface area contributed by atoms with Crippen molar-refractivity contribution < 1.29 is 13.5 Å². The van der Waals surface area contributed by atoms with Crippen molar-refractivity contribution in [3.63, 3.8) is 0 Å². The normalized spacial score (nSPS) is 10.9. The van der Waals surface area contributed by atoms with E-state index in [4.69, 9.17) is 17.3 Å². The first kappa shape index (κ1) is 17.2. The molecule has 2 N–H and O–H groups in total. The molecule has 0 atom stereocenters. The molecule has 0 aliphatic heterocycles. The van der Waals surface area contributed by atoms with Gasteiger partial charge in [-0.3, -0.25) is 0 Å². The molecular formula is C19H15ClF2N2O. The Morgan fingerprint density at radius 2 is 1.84 bits per heavy atom. The molecule has 2 aromatic carbocycles. The van der Waals surface area contributed by atoms with Crippen LogP contribution < -0.4 is 10.5 Å². The number of pyridine rings is 1. The predicted octanol–water partition coefficient (Wildman–Crippen LogP) is 5.18. The van der Waals surface area contributed by atoms with Gasteiger partial charge in [-0.05, 0) is 53.4 Å². The lowest BCUT2D eigenvalue weighted by molar-refractivity contribution is -0.0494. The van der Waals surface area contributed by atoms with Crippen molar-refractivity contribution in [3.8, 4) is 16.9 Å². The van der Waals surface area contributed by atoms with Gasteiger partial charge >= 0.3 is 6.61 Å². The SMILES string of the molecule is Nc1ccc(Cc2ccc(OC(F)F)c(-c3cccc(Cl)c3)c2)cn1. The zero-order valence-corrected chi connectivity index (χ0v) is 13.9. The highest BCUT2D eigenvalue weighted by Gasteiger charge is 2.13. The number of nitrogens with zero attached hydrogens (tertiary/aromatic N) is 1. The Kier molecular flexibility index (Phi) is 5.14. The van der Waals surface area contributed by atoms with Gasteiger partial charge < -0.3 is 10.5 Å². The zero-order valence-electron chi connectivity index (χ0n) is 13.1. The van der Waals surface area contributed by atoms with E-state index in [0.717, 1.165) is 11.1 Å². The average Bonchev–Trinajstić information content (AvgIpc) is 2.58. The Bertz CT molecular complexity index is 870. The maximum absolute atomic E-state index is 12.7. The molecule has 0 fully saturated rings. The molecule has 0 amide bonds. The lowest BCUT2D eigenvalue weighted by Gasteiger charge is -2.13. The quantitative estimate of drug-likeness (QED) is 0.682. The molecule has 128 valence electrons. The fraction of sp³-hybridized carbons (Fsp3) is 0.105. The smallest absolute Gasteiger partial charge is 0.387 e. The Balaban J connectivity index is 1.98. The number of alkyl halides is 2. The van der Waals surface area contributed by atoms with Gasteiger partial charge in [-0.25, -0.2) is 4.98 Å². The molecule has 0 saturated carbocycles. The minimum atomic E-state index is -2.90. The van der Waals surface area contributed by atoms with E-state index in [1.165, 1.54) is 0 Å². The van der Waals surface area contributed by atoms with Gasteiger partial charge in [0.25, 0.3) is 0 Å². The van der Waals surface area contributed by atoms with E-state index in [0.29, 0.717) is 28.4 Å². The van der Waals surface area contributed by atoms with Gasteiger partial charge in [0.15, 0.2) is 0 Å². The van der Waals surface area contributed by atoms with Crippen LogP contribution in [0.4, 0.5) is 14.6 Å². The summed E-state index contributed by atoms with van der Waals surface area (Å²) in [6.45, 7) is -2.90. The number of halogens is 3.